The van der Waals surface area contributed by atoms with E-state index in [0.29, 0.717) is 11.4 Å². The standard InChI is InChI=1S/C8H13F3N2O2/c9-8(10,11)13-5-3-12(4-6-13)2-1-7(14)15/h1-6H2,(H,14,15). The molecule has 1 heterocycles. The van der Waals surface area contributed by atoms with Crippen LogP contribution in [0.1, 0.15) is 6.42 Å². The summed E-state index contributed by atoms with van der Waals surface area (Å²) in [5.74, 6) is -0.923. The number of alkyl halides is 3. The van der Waals surface area contributed by atoms with E-state index in [4.69, 9.17) is 5.11 Å². The van der Waals surface area contributed by atoms with Gasteiger partial charge in [-0.15, -0.1) is 0 Å². The van der Waals surface area contributed by atoms with Crippen molar-refractivity contribution in [2.24, 2.45) is 0 Å². The molecule has 0 aliphatic carbocycles. The fraction of sp³-hybridized carbons (Fsp3) is 0.875. The van der Waals surface area contributed by atoms with Crippen LogP contribution in [0, 0.1) is 0 Å². The molecule has 1 rings (SSSR count). The second kappa shape index (κ2) is 4.80. The van der Waals surface area contributed by atoms with Crippen molar-refractivity contribution >= 4 is 5.97 Å². The lowest BCUT2D eigenvalue weighted by Crippen LogP contribution is -2.52. The predicted octanol–water partition coefficient (Wildman–Crippen LogP) is 0.598. The first-order valence-electron chi connectivity index (χ1n) is 4.65. The predicted molar refractivity (Wildman–Crippen MR) is 46.3 cm³/mol. The molecule has 88 valence electrons. The Kier molecular flexibility index (Phi) is 3.92. The van der Waals surface area contributed by atoms with Gasteiger partial charge in [0.15, 0.2) is 0 Å². The first-order valence-corrected chi connectivity index (χ1v) is 4.65. The fourth-order valence-corrected chi connectivity index (χ4v) is 1.48. The van der Waals surface area contributed by atoms with Crippen molar-refractivity contribution in [3.8, 4) is 0 Å². The zero-order valence-electron chi connectivity index (χ0n) is 8.13. The van der Waals surface area contributed by atoms with Crippen LogP contribution in [0.5, 0.6) is 0 Å². The lowest BCUT2D eigenvalue weighted by atomic mass is 10.3. The van der Waals surface area contributed by atoms with Crippen molar-refractivity contribution in [1.82, 2.24) is 9.80 Å². The van der Waals surface area contributed by atoms with E-state index in [9.17, 15) is 18.0 Å². The van der Waals surface area contributed by atoms with Crippen LogP contribution in [0.15, 0.2) is 0 Å². The van der Waals surface area contributed by atoms with Crippen molar-refractivity contribution in [3.63, 3.8) is 0 Å². The van der Waals surface area contributed by atoms with Crippen molar-refractivity contribution in [3.05, 3.63) is 0 Å². The smallest absolute Gasteiger partial charge is 0.460 e. The van der Waals surface area contributed by atoms with Gasteiger partial charge < -0.3 is 10.0 Å². The normalized spacial score (nSPS) is 20.5. The molecule has 0 atom stereocenters. The monoisotopic (exact) mass is 226 g/mol. The van der Waals surface area contributed by atoms with Crippen LogP contribution in [-0.4, -0.2) is 59.9 Å². The maximum atomic E-state index is 12.2. The molecular formula is C8H13F3N2O2. The molecule has 0 saturated carbocycles. The zero-order valence-corrected chi connectivity index (χ0v) is 8.13. The molecule has 1 fully saturated rings. The minimum atomic E-state index is -4.26. The summed E-state index contributed by atoms with van der Waals surface area (Å²) in [6.07, 6.45) is -4.29. The van der Waals surface area contributed by atoms with Gasteiger partial charge in [-0.05, 0) is 0 Å². The number of hydrogen-bond acceptors (Lipinski definition) is 3. The molecule has 0 amide bonds. The number of hydrogen-bond donors (Lipinski definition) is 1. The number of halogens is 3. The first kappa shape index (κ1) is 12.3. The summed E-state index contributed by atoms with van der Waals surface area (Å²) in [6, 6.07) is 0. The molecule has 0 spiro atoms. The number of aliphatic carboxylic acids is 1. The van der Waals surface area contributed by atoms with E-state index < -0.39 is 12.3 Å². The van der Waals surface area contributed by atoms with Gasteiger partial charge in [-0.1, -0.05) is 0 Å². The minimum absolute atomic E-state index is 0.0218. The Bertz CT molecular complexity index is 224. The van der Waals surface area contributed by atoms with E-state index in [1.165, 1.54) is 0 Å². The molecule has 15 heavy (non-hydrogen) atoms. The Balaban J connectivity index is 2.27. The van der Waals surface area contributed by atoms with Crippen molar-refractivity contribution < 1.29 is 23.1 Å². The molecule has 0 unspecified atom stereocenters. The van der Waals surface area contributed by atoms with Gasteiger partial charge in [0.1, 0.15) is 0 Å². The molecule has 0 radical (unpaired) electrons. The highest BCUT2D eigenvalue weighted by Gasteiger charge is 2.38. The Hall–Kier alpha value is -0.820. The summed E-state index contributed by atoms with van der Waals surface area (Å²) >= 11 is 0. The number of piperazine rings is 1. The van der Waals surface area contributed by atoms with E-state index in [0.717, 1.165) is 0 Å². The van der Waals surface area contributed by atoms with Gasteiger partial charge in [0.2, 0.25) is 0 Å². The topological polar surface area (TPSA) is 43.8 Å². The van der Waals surface area contributed by atoms with Gasteiger partial charge in [0.25, 0.3) is 0 Å². The highest BCUT2D eigenvalue weighted by molar-refractivity contribution is 5.66. The van der Waals surface area contributed by atoms with Gasteiger partial charge in [0.05, 0.1) is 6.42 Å². The minimum Gasteiger partial charge on any atom is -0.481 e. The summed E-state index contributed by atoms with van der Waals surface area (Å²) in [5.41, 5.74) is 0. The Morgan fingerprint density at radius 1 is 1.20 bits per heavy atom. The van der Waals surface area contributed by atoms with Crippen LogP contribution in [0.4, 0.5) is 13.2 Å². The summed E-state index contributed by atoms with van der Waals surface area (Å²) in [7, 11) is 0. The van der Waals surface area contributed by atoms with Crippen LogP contribution in [-0.2, 0) is 4.79 Å². The van der Waals surface area contributed by atoms with Crippen LogP contribution < -0.4 is 0 Å². The third kappa shape index (κ3) is 4.05. The molecule has 1 aliphatic heterocycles. The van der Waals surface area contributed by atoms with Crippen LogP contribution in [0.25, 0.3) is 0 Å². The Morgan fingerprint density at radius 3 is 2.13 bits per heavy atom. The fourth-order valence-electron chi connectivity index (χ4n) is 1.48. The average Bonchev–Trinajstić information content (AvgIpc) is 2.14. The SMILES string of the molecule is O=C(O)CCN1CCN(C(F)(F)F)CC1. The third-order valence-corrected chi connectivity index (χ3v) is 2.37. The number of carboxylic acid groups (broad SMARTS) is 1. The summed E-state index contributed by atoms with van der Waals surface area (Å²) in [6.45, 7) is 0.701. The first-order chi connectivity index (χ1) is 6.89. The average molecular weight is 226 g/mol. The number of carbonyl (C=O) groups is 1. The summed E-state index contributed by atoms with van der Waals surface area (Å²) < 4.78 is 36.6. The highest BCUT2D eigenvalue weighted by Crippen LogP contribution is 2.22. The third-order valence-electron chi connectivity index (χ3n) is 2.37. The quantitative estimate of drug-likeness (QED) is 0.716. The van der Waals surface area contributed by atoms with Gasteiger partial charge >= 0.3 is 12.3 Å². The van der Waals surface area contributed by atoms with Crippen molar-refractivity contribution in [2.45, 2.75) is 12.7 Å². The molecule has 1 aliphatic rings. The Morgan fingerprint density at radius 2 is 1.73 bits per heavy atom. The summed E-state index contributed by atoms with van der Waals surface area (Å²) in [4.78, 5) is 12.4. The number of rotatable bonds is 3. The lowest BCUT2D eigenvalue weighted by molar-refractivity contribution is -0.252. The Labute approximate surface area is 85.3 Å². The molecular weight excluding hydrogens is 213 g/mol. The maximum Gasteiger partial charge on any atom is 0.460 e. The van der Waals surface area contributed by atoms with Gasteiger partial charge in [-0.2, -0.15) is 13.2 Å². The van der Waals surface area contributed by atoms with Gasteiger partial charge in [-0.3, -0.25) is 4.79 Å². The zero-order chi connectivity index (χ0) is 11.5. The molecule has 7 heteroatoms. The molecule has 1 N–H and O–H groups in total. The number of nitrogens with zero attached hydrogens (tertiary/aromatic N) is 2. The maximum absolute atomic E-state index is 12.2. The second-order valence-electron chi connectivity index (χ2n) is 3.44. The lowest BCUT2D eigenvalue weighted by Gasteiger charge is -2.35. The van der Waals surface area contributed by atoms with Crippen LogP contribution in [0.2, 0.25) is 0 Å². The molecule has 0 aromatic carbocycles. The van der Waals surface area contributed by atoms with Crippen LogP contribution >= 0.6 is 0 Å². The van der Waals surface area contributed by atoms with E-state index in [1.807, 2.05) is 0 Å². The van der Waals surface area contributed by atoms with E-state index in [2.05, 4.69) is 0 Å². The van der Waals surface area contributed by atoms with Crippen LogP contribution in [0.3, 0.4) is 0 Å². The van der Waals surface area contributed by atoms with E-state index in [1.54, 1.807) is 4.90 Å². The molecule has 0 aromatic rings. The van der Waals surface area contributed by atoms with Crippen molar-refractivity contribution in [1.29, 1.82) is 0 Å². The molecule has 4 nitrogen and oxygen atoms in total. The summed E-state index contributed by atoms with van der Waals surface area (Å²) in [5, 5.41) is 8.41. The van der Waals surface area contributed by atoms with E-state index in [-0.39, 0.29) is 32.6 Å². The van der Waals surface area contributed by atoms with E-state index >= 15 is 0 Å². The number of carboxylic acids is 1. The van der Waals surface area contributed by atoms with Gasteiger partial charge in [0, 0.05) is 32.7 Å². The molecule has 1 saturated heterocycles. The molecule has 0 bridgehead atoms. The second-order valence-corrected chi connectivity index (χ2v) is 3.44. The highest BCUT2D eigenvalue weighted by atomic mass is 19.4. The van der Waals surface area contributed by atoms with Gasteiger partial charge in [-0.25, -0.2) is 4.90 Å². The van der Waals surface area contributed by atoms with Crippen molar-refractivity contribution in [2.75, 3.05) is 32.7 Å². The largest absolute Gasteiger partial charge is 0.481 e. The molecule has 0 aromatic heterocycles.